The first-order valence-electron chi connectivity index (χ1n) is 7.19. The normalized spacial score (nSPS) is 29.2. The summed E-state index contributed by atoms with van der Waals surface area (Å²) in [6, 6.07) is 7.21. The summed E-state index contributed by atoms with van der Waals surface area (Å²) in [6.45, 7) is -1.64. The minimum absolute atomic E-state index is 0.201. The monoisotopic (exact) mass is 279 g/mol. The highest BCUT2D eigenvalue weighted by Gasteiger charge is 2.37. The van der Waals surface area contributed by atoms with Crippen molar-refractivity contribution in [3.63, 3.8) is 0 Å². The van der Waals surface area contributed by atoms with E-state index in [-0.39, 0.29) is 5.75 Å². The van der Waals surface area contributed by atoms with E-state index in [1.54, 1.807) is 24.3 Å². The Morgan fingerprint density at radius 1 is 1.20 bits per heavy atom. The summed E-state index contributed by atoms with van der Waals surface area (Å²) in [6.07, 6.45) is 8.28. The molecule has 0 radical (unpaired) electrons. The van der Waals surface area contributed by atoms with Crippen molar-refractivity contribution < 1.29 is 13.5 Å². The highest BCUT2D eigenvalue weighted by molar-refractivity contribution is 5.51. The van der Waals surface area contributed by atoms with Crippen LogP contribution in [0.2, 0.25) is 0 Å². The molecule has 108 valence electrons. The number of alkyl halides is 2. The predicted octanol–water partition coefficient (Wildman–Crippen LogP) is 3.69. The number of fused-ring (bicyclic) bond motifs is 1. The van der Waals surface area contributed by atoms with Gasteiger partial charge in [0.1, 0.15) is 5.75 Å². The van der Waals surface area contributed by atoms with Gasteiger partial charge in [-0.15, -0.1) is 0 Å². The van der Waals surface area contributed by atoms with E-state index in [0.29, 0.717) is 6.04 Å². The fraction of sp³-hybridized carbons (Fsp3) is 0.500. The molecule has 1 N–H and O–H groups in total. The van der Waals surface area contributed by atoms with Gasteiger partial charge >= 0.3 is 6.61 Å². The SMILES string of the molecule is FC(F)Oc1ccc(/C=C/C2NCC3CCCC32)cc1. The molecule has 0 spiro atoms. The summed E-state index contributed by atoms with van der Waals surface area (Å²) in [4.78, 5) is 0. The molecule has 1 aromatic rings. The van der Waals surface area contributed by atoms with E-state index in [1.165, 1.54) is 19.3 Å². The van der Waals surface area contributed by atoms with Gasteiger partial charge in [-0.05, 0) is 48.9 Å². The van der Waals surface area contributed by atoms with Crippen molar-refractivity contribution in [1.82, 2.24) is 5.32 Å². The lowest BCUT2D eigenvalue weighted by Gasteiger charge is -2.13. The Balaban J connectivity index is 1.61. The van der Waals surface area contributed by atoms with Crippen LogP contribution in [0.3, 0.4) is 0 Å². The van der Waals surface area contributed by atoms with Crippen LogP contribution in [0.4, 0.5) is 8.78 Å². The molecule has 20 heavy (non-hydrogen) atoms. The summed E-state index contributed by atoms with van der Waals surface area (Å²) in [5, 5.41) is 3.56. The van der Waals surface area contributed by atoms with E-state index in [1.807, 2.05) is 0 Å². The first-order chi connectivity index (χ1) is 9.72. The third-order valence-electron chi connectivity index (χ3n) is 4.40. The Labute approximate surface area is 117 Å². The molecule has 2 aliphatic rings. The third kappa shape index (κ3) is 3.01. The van der Waals surface area contributed by atoms with E-state index >= 15 is 0 Å². The van der Waals surface area contributed by atoms with Gasteiger partial charge in [0.2, 0.25) is 0 Å². The first kappa shape index (κ1) is 13.6. The fourth-order valence-corrected chi connectivity index (χ4v) is 3.42. The summed E-state index contributed by atoms with van der Waals surface area (Å²) < 4.78 is 28.4. The minimum atomic E-state index is -2.77. The average molecular weight is 279 g/mol. The molecular formula is C16H19F2NO. The van der Waals surface area contributed by atoms with Crippen molar-refractivity contribution in [2.45, 2.75) is 31.9 Å². The zero-order chi connectivity index (χ0) is 13.9. The van der Waals surface area contributed by atoms with Crippen LogP contribution in [0.5, 0.6) is 5.75 Å². The molecule has 2 fully saturated rings. The van der Waals surface area contributed by atoms with Gasteiger partial charge in [0.05, 0.1) is 0 Å². The van der Waals surface area contributed by atoms with Crippen LogP contribution < -0.4 is 10.1 Å². The molecule has 0 amide bonds. The molecule has 1 aliphatic carbocycles. The maximum absolute atomic E-state index is 12.1. The quantitative estimate of drug-likeness (QED) is 0.907. The van der Waals surface area contributed by atoms with Gasteiger partial charge in [-0.1, -0.05) is 30.7 Å². The van der Waals surface area contributed by atoms with Gasteiger partial charge in [-0.25, -0.2) is 0 Å². The summed E-state index contributed by atoms with van der Waals surface area (Å²) in [7, 11) is 0. The van der Waals surface area contributed by atoms with E-state index in [0.717, 1.165) is 23.9 Å². The summed E-state index contributed by atoms with van der Waals surface area (Å²) >= 11 is 0. The number of hydrogen-bond acceptors (Lipinski definition) is 2. The number of rotatable bonds is 4. The van der Waals surface area contributed by atoms with Gasteiger partial charge in [-0.2, -0.15) is 8.78 Å². The predicted molar refractivity (Wildman–Crippen MR) is 74.7 cm³/mol. The van der Waals surface area contributed by atoms with Crippen molar-refractivity contribution in [2.75, 3.05) is 6.54 Å². The molecule has 3 unspecified atom stereocenters. The molecule has 0 aromatic heterocycles. The first-order valence-corrected chi connectivity index (χ1v) is 7.19. The molecule has 2 nitrogen and oxygen atoms in total. The van der Waals surface area contributed by atoms with Crippen LogP contribution in [-0.4, -0.2) is 19.2 Å². The third-order valence-corrected chi connectivity index (χ3v) is 4.40. The number of ether oxygens (including phenoxy) is 1. The molecule has 1 saturated carbocycles. The second-order valence-electron chi connectivity index (χ2n) is 5.60. The molecule has 1 aliphatic heterocycles. The van der Waals surface area contributed by atoms with Gasteiger partial charge in [0.25, 0.3) is 0 Å². The summed E-state index contributed by atoms with van der Waals surface area (Å²) in [5.74, 6) is 1.81. The van der Waals surface area contributed by atoms with Crippen molar-refractivity contribution in [2.24, 2.45) is 11.8 Å². The number of hydrogen-bond donors (Lipinski definition) is 1. The Morgan fingerprint density at radius 2 is 2.00 bits per heavy atom. The number of nitrogens with one attached hydrogen (secondary N) is 1. The highest BCUT2D eigenvalue weighted by Crippen LogP contribution is 2.38. The Hall–Kier alpha value is -1.42. The smallest absolute Gasteiger partial charge is 0.387 e. The standard InChI is InChI=1S/C16H19F2NO/c17-16(18)20-13-7-4-11(5-8-13)6-9-15-14-3-1-2-12(14)10-19-15/h4-9,12,14-16,19H,1-3,10H2/b9-6+. The van der Waals surface area contributed by atoms with E-state index in [9.17, 15) is 8.78 Å². The van der Waals surface area contributed by atoms with Crippen LogP contribution in [-0.2, 0) is 0 Å². The Bertz CT molecular complexity index is 472. The zero-order valence-electron chi connectivity index (χ0n) is 11.3. The van der Waals surface area contributed by atoms with Gasteiger partial charge < -0.3 is 10.1 Å². The maximum atomic E-state index is 12.1. The van der Waals surface area contributed by atoms with Gasteiger partial charge in [0.15, 0.2) is 0 Å². The second-order valence-corrected chi connectivity index (χ2v) is 5.60. The molecular weight excluding hydrogens is 260 g/mol. The minimum Gasteiger partial charge on any atom is -0.435 e. The van der Waals surface area contributed by atoms with Crippen molar-refractivity contribution in [1.29, 1.82) is 0 Å². The van der Waals surface area contributed by atoms with Crippen LogP contribution in [0, 0.1) is 11.8 Å². The van der Waals surface area contributed by atoms with Crippen LogP contribution in [0.25, 0.3) is 6.08 Å². The lowest BCUT2D eigenvalue weighted by molar-refractivity contribution is -0.0498. The van der Waals surface area contributed by atoms with Crippen LogP contribution in [0.1, 0.15) is 24.8 Å². The number of benzene rings is 1. The van der Waals surface area contributed by atoms with Crippen molar-refractivity contribution in [3.8, 4) is 5.75 Å². The van der Waals surface area contributed by atoms with Crippen LogP contribution in [0.15, 0.2) is 30.3 Å². The molecule has 1 saturated heterocycles. The van der Waals surface area contributed by atoms with Crippen LogP contribution >= 0.6 is 0 Å². The lowest BCUT2D eigenvalue weighted by Crippen LogP contribution is -2.23. The second kappa shape index (κ2) is 5.92. The molecule has 1 aromatic carbocycles. The van der Waals surface area contributed by atoms with Crippen molar-refractivity contribution >= 4 is 6.08 Å². The maximum Gasteiger partial charge on any atom is 0.387 e. The largest absolute Gasteiger partial charge is 0.435 e. The molecule has 3 rings (SSSR count). The Kier molecular flexibility index (Phi) is 4.01. The van der Waals surface area contributed by atoms with E-state index in [2.05, 4.69) is 22.2 Å². The topological polar surface area (TPSA) is 21.3 Å². The molecule has 4 heteroatoms. The molecule has 0 bridgehead atoms. The summed E-state index contributed by atoms with van der Waals surface area (Å²) in [5.41, 5.74) is 1.01. The molecule has 3 atom stereocenters. The average Bonchev–Trinajstić information content (AvgIpc) is 3.01. The molecule has 1 heterocycles. The number of halogens is 2. The van der Waals surface area contributed by atoms with Crippen molar-refractivity contribution in [3.05, 3.63) is 35.9 Å². The zero-order valence-corrected chi connectivity index (χ0v) is 11.3. The van der Waals surface area contributed by atoms with E-state index in [4.69, 9.17) is 0 Å². The Morgan fingerprint density at radius 3 is 2.75 bits per heavy atom. The highest BCUT2D eigenvalue weighted by atomic mass is 19.3. The van der Waals surface area contributed by atoms with Gasteiger partial charge in [-0.3, -0.25) is 0 Å². The fourth-order valence-electron chi connectivity index (χ4n) is 3.42. The van der Waals surface area contributed by atoms with E-state index < -0.39 is 6.61 Å². The van der Waals surface area contributed by atoms with Gasteiger partial charge in [0, 0.05) is 6.04 Å². The lowest BCUT2D eigenvalue weighted by atomic mass is 9.93.